The summed E-state index contributed by atoms with van der Waals surface area (Å²) in [6.45, 7) is 8.50. The Kier molecular flexibility index (Phi) is 6.50. The standard InChI is InChI=1S/C30H30O6S/c1-5-33-23-11-13-25(28(18-23)36-37(31,32)24-8-6-7-20(2)9-12-24)22-17-21-10-14-27-26(29(21)34-19-22)15-16-30(3,4)35-27/h7-18H,5-6,19H2,1-4H3. The molecule has 2 aromatic carbocycles. The normalized spacial score (nSPS) is 17.7. The van der Waals surface area contributed by atoms with Crippen molar-refractivity contribution in [1.29, 1.82) is 0 Å². The summed E-state index contributed by atoms with van der Waals surface area (Å²) in [5, 5.41) is 0. The maximum Gasteiger partial charge on any atom is 0.338 e. The number of rotatable bonds is 6. The number of allylic oxidation sites excluding steroid dienone is 5. The Morgan fingerprint density at radius 3 is 2.70 bits per heavy atom. The molecule has 0 saturated heterocycles. The van der Waals surface area contributed by atoms with Crippen molar-refractivity contribution >= 4 is 27.8 Å². The first-order valence-electron chi connectivity index (χ1n) is 12.3. The SMILES string of the molecule is CCOc1ccc(C2=Cc3ccc4c(c3OC2)C=CC(C)(C)O4)c(OS(=O)(=O)C2=CCC=C(C)C=C2)c1. The second-order valence-electron chi connectivity index (χ2n) is 9.64. The average Bonchev–Trinajstić information content (AvgIpc) is 3.08. The Morgan fingerprint density at radius 2 is 1.89 bits per heavy atom. The van der Waals surface area contributed by atoms with Gasteiger partial charge < -0.3 is 18.4 Å². The first-order chi connectivity index (χ1) is 17.6. The molecule has 3 aliphatic rings. The van der Waals surface area contributed by atoms with Crippen LogP contribution >= 0.6 is 0 Å². The van der Waals surface area contributed by atoms with Gasteiger partial charge in [0.15, 0.2) is 5.75 Å². The van der Waals surface area contributed by atoms with Crippen LogP contribution in [0.1, 0.15) is 50.8 Å². The molecule has 0 fully saturated rings. The molecule has 5 rings (SSSR count). The Bertz CT molecular complexity index is 1500. The number of hydrogen-bond acceptors (Lipinski definition) is 6. The van der Waals surface area contributed by atoms with Crippen LogP contribution in [0.15, 0.2) is 71.2 Å². The second-order valence-corrected chi connectivity index (χ2v) is 11.2. The minimum Gasteiger partial charge on any atom is -0.494 e. The van der Waals surface area contributed by atoms with Crippen molar-refractivity contribution in [3.05, 3.63) is 87.9 Å². The highest BCUT2D eigenvalue weighted by Crippen LogP contribution is 2.44. The van der Waals surface area contributed by atoms with Crippen molar-refractivity contribution in [3.8, 4) is 23.0 Å². The Hall–Kier alpha value is -3.71. The van der Waals surface area contributed by atoms with Crippen LogP contribution in [0.25, 0.3) is 17.7 Å². The van der Waals surface area contributed by atoms with Crippen LogP contribution in [-0.4, -0.2) is 27.2 Å². The van der Waals surface area contributed by atoms with Crippen molar-refractivity contribution in [2.75, 3.05) is 13.2 Å². The van der Waals surface area contributed by atoms with E-state index in [-0.39, 0.29) is 22.9 Å². The molecule has 192 valence electrons. The molecule has 1 aliphatic carbocycles. The maximum absolute atomic E-state index is 13.3. The zero-order valence-corrected chi connectivity index (χ0v) is 22.2. The summed E-state index contributed by atoms with van der Waals surface area (Å²) in [4.78, 5) is 0.119. The van der Waals surface area contributed by atoms with Gasteiger partial charge in [0, 0.05) is 22.8 Å². The summed E-state index contributed by atoms with van der Waals surface area (Å²) in [6, 6.07) is 9.11. The van der Waals surface area contributed by atoms with Crippen molar-refractivity contribution in [1.82, 2.24) is 0 Å². The van der Waals surface area contributed by atoms with E-state index in [1.165, 1.54) is 0 Å². The van der Waals surface area contributed by atoms with Crippen LogP contribution in [-0.2, 0) is 10.1 Å². The highest BCUT2D eigenvalue weighted by atomic mass is 32.2. The minimum atomic E-state index is -4.07. The molecule has 37 heavy (non-hydrogen) atoms. The lowest BCUT2D eigenvalue weighted by atomic mass is 9.95. The summed E-state index contributed by atoms with van der Waals surface area (Å²) in [5.41, 5.74) is 3.81. The summed E-state index contributed by atoms with van der Waals surface area (Å²) >= 11 is 0. The van der Waals surface area contributed by atoms with Crippen molar-refractivity contribution in [2.45, 2.75) is 39.7 Å². The van der Waals surface area contributed by atoms with Crippen LogP contribution in [0.3, 0.4) is 0 Å². The second kappa shape index (κ2) is 9.63. The van der Waals surface area contributed by atoms with E-state index in [4.69, 9.17) is 18.4 Å². The Morgan fingerprint density at radius 1 is 1.05 bits per heavy atom. The zero-order valence-electron chi connectivity index (χ0n) is 21.4. The van der Waals surface area contributed by atoms with Gasteiger partial charge in [0.1, 0.15) is 34.4 Å². The molecule has 0 amide bonds. The van der Waals surface area contributed by atoms with E-state index in [1.807, 2.05) is 70.2 Å². The summed E-state index contributed by atoms with van der Waals surface area (Å²) in [7, 11) is -4.07. The van der Waals surface area contributed by atoms with Crippen LogP contribution in [0.4, 0.5) is 0 Å². The molecule has 0 bridgehead atoms. The van der Waals surface area contributed by atoms with Gasteiger partial charge in [-0.05, 0) is 82.7 Å². The van der Waals surface area contributed by atoms with E-state index in [1.54, 1.807) is 30.4 Å². The molecule has 0 spiro atoms. The molecular weight excluding hydrogens is 488 g/mol. The minimum absolute atomic E-state index is 0.119. The fraction of sp³-hybridized carbons (Fsp3) is 0.267. The highest BCUT2D eigenvalue weighted by molar-refractivity contribution is 7.91. The largest absolute Gasteiger partial charge is 0.494 e. The first-order valence-corrected chi connectivity index (χ1v) is 13.7. The van der Waals surface area contributed by atoms with Gasteiger partial charge in [-0.2, -0.15) is 8.42 Å². The Balaban J connectivity index is 1.52. The van der Waals surface area contributed by atoms with E-state index < -0.39 is 10.1 Å². The fourth-order valence-corrected chi connectivity index (χ4v) is 5.42. The van der Waals surface area contributed by atoms with Gasteiger partial charge >= 0.3 is 10.1 Å². The molecule has 0 atom stereocenters. The molecule has 0 saturated carbocycles. The third-order valence-corrected chi connectivity index (χ3v) is 7.56. The van der Waals surface area contributed by atoms with Gasteiger partial charge in [-0.3, -0.25) is 0 Å². The average molecular weight is 519 g/mol. The molecule has 2 heterocycles. The van der Waals surface area contributed by atoms with E-state index in [9.17, 15) is 8.42 Å². The summed E-state index contributed by atoms with van der Waals surface area (Å²) < 4.78 is 50.1. The van der Waals surface area contributed by atoms with Crippen LogP contribution in [0, 0.1) is 0 Å². The smallest absolute Gasteiger partial charge is 0.338 e. The molecule has 0 N–H and O–H groups in total. The molecule has 2 aliphatic heterocycles. The monoisotopic (exact) mass is 518 g/mol. The lowest BCUT2D eigenvalue weighted by molar-refractivity contribution is 0.158. The fourth-order valence-electron chi connectivity index (χ4n) is 4.41. The van der Waals surface area contributed by atoms with E-state index in [0.717, 1.165) is 33.8 Å². The first kappa shape index (κ1) is 25.0. The third-order valence-electron chi connectivity index (χ3n) is 6.28. The Labute approximate surface area is 218 Å². The lowest BCUT2D eigenvalue weighted by Gasteiger charge is -2.30. The molecule has 0 unspecified atom stereocenters. The van der Waals surface area contributed by atoms with Crippen LogP contribution in [0.5, 0.6) is 23.0 Å². The third kappa shape index (κ3) is 5.23. The topological polar surface area (TPSA) is 71.1 Å². The summed E-state index contributed by atoms with van der Waals surface area (Å²) in [6.07, 6.45) is 13.5. The molecule has 7 heteroatoms. The molecule has 0 radical (unpaired) electrons. The molecular formula is C30H30O6S. The van der Waals surface area contributed by atoms with Gasteiger partial charge in [-0.1, -0.05) is 23.8 Å². The predicted molar refractivity (Wildman–Crippen MR) is 146 cm³/mol. The number of benzene rings is 2. The lowest BCUT2D eigenvalue weighted by Crippen LogP contribution is -2.27. The van der Waals surface area contributed by atoms with Gasteiger partial charge in [0.05, 0.1) is 12.2 Å². The highest BCUT2D eigenvalue weighted by Gasteiger charge is 2.28. The van der Waals surface area contributed by atoms with Crippen LogP contribution in [0.2, 0.25) is 0 Å². The van der Waals surface area contributed by atoms with Gasteiger partial charge in [-0.15, -0.1) is 0 Å². The molecule has 2 aromatic rings. The summed E-state index contributed by atoms with van der Waals surface area (Å²) in [5.74, 6) is 2.23. The van der Waals surface area contributed by atoms with E-state index in [2.05, 4.69) is 0 Å². The van der Waals surface area contributed by atoms with Crippen molar-refractivity contribution in [3.63, 3.8) is 0 Å². The quantitative estimate of drug-likeness (QED) is 0.396. The number of fused-ring (bicyclic) bond motifs is 3. The van der Waals surface area contributed by atoms with Gasteiger partial charge in [0.25, 0.3) is 0 Å². The zero-order chi connectivity index (χ0) is 26.2. The van der Waals surface area contributed by atoms with Crippen molar-refractivity contribution in [2.24, 2.45) is 0 Å². The molecule has 6 nitrogen and oxygen atoms in total. The maximum atomic E-state index is 13.3. The van der Waals surface area contributed by atoms with Crippen molar-refractivity contribution < 1.29 is 26.8 Å². The van der Waals surface area contributed by atoms with Gasteiger partial charge in [-0.25, -0.2) is 0 Å². The van der Waals surface area contributed by atoms with Crippen LogP contribution < -0.4 is 18.4 Å². The van der Waals surface area contributed by atoms with E-state index >= 15 is 0 Å². The number of ether oxygens (including phenoxy) is 3. The predicted octanol–water partition coefficient (Wildman–Crippen LogP) is 6.70. The van der Waals surface area contributed by atoms with E-state index in [0.29, 0.717) is 24.3 Å². The molecule has 0 aromatic heterocycles. The van der Waals surface area contributed by atoms with Gasteiger partial charge in [0.2, 0.25) is 0 Å². The number of hydrogen-bond donors (Lipinski definition) is 0.